The molecule has 0 spiro atoms. The van der Waals surface area contributed by atoms with Crippen molar-refractivity contribution in [3.05, 3.63) is 0 Å². The molecule has 1 saturated carbocycles. The molecule has 0 aromatic rings. The SMILES string of the molecule is CC1CC(C)CN(S(=O)(=O)NC2(C(=O)O)CCC2)C1. The molecule has 1 saturated heterocycles. The molecule has 2 rings (SSSR count). The Hall–Kier alpha value is -0.660. The third-order valence-corrected chi connectivity index (χ3v) is 5.74. The number of carboxylic acid groups (broad SMARTS) is 1. The fourth-order valence-electron chi connectivity index (χ4n) is 3.00. The summed E-state index contributed by atoms with van der Waals surface area (Å²) in [6, 6.07) is 0. The summed E-state index contributed by atoms with van der Waals surface area (Å²) in [6.07, 6.45) is 2.51. The highest BCUT2D eigenvalue weighted by atomic mass is 32.2. The summed E-state index contributed by atoms with van der Waals surface area (Å²) < 4.78 is 28.5. The van der Waals surface area contributed by atoms with Crippen LogP contribution in [-0.2, 0) is 15.0 Å². The number of nitrogens with zero attached hydrogens (tertiary/aromatic N) is 1. The number of piperidine rings is 1. The van der Waals surface area contributed by atoms with Gasteiger partial charge in [0.15, 0.2) is 0 Å². The largest absolute Gasteiger partial charge is 0.480 e. The fourth-order valence-corrected chi connectivity index (χ4v) is 4.82. The van der Waals surface area contributed by atoms with Gasteiger partial charge in [-0.05, 0) is 37.5 Å². The van der Waals surface area contributed by atoms with E-state index in [4.69, 9.17) is 0 Å². The Morgan fingerprint density at radius 3 is 2.16 bits per heavy atom. The van der Waals surface area contributed by atoms with E-state index in [9.17, 15) is 18.3 Å². The van der Waals surface area contributed by atoms with Gasteiger partial charge in [-0.15, -0.1) is 0 Å². The molecule has 7 heteroatoms. The number of hydrogen-bond donors (Lipinski definition) is 2. The predicted octanol–water partition coefficient (Wildman–Crippen LogP) is 0.806. The molecular formula is C12H22N2O4S. The summed E-state index contributed by atoms with van der Waals surface area (Å²) in [5.41, 5.74) is -1.28. The minimum absolute atomic E-state index is 0.308. The molecule has 2 atom stereocenters. The van der Waals surface area contributed by atoms with Crippen LogP contribution in [0.4, 0.5) is 0 Å². The molecule has 1 aliphatic carbocycles. The number of hydrogen-bond acceptors (Lipinski definition) is 3. The van der Waals surface area contributed by atoms with E-state index in [-0.39, 0.29) is 0 Å². The van der Waals surface area contributed by atoms with Crippen LogP contribution in [-0.4, -0.2) is 42.4 Å². The van der Waals surface area contributed by atoms with Gasteiger partial charge in [0, 0.05) is 13.1 Å². The van der Waals surface area contributed by atoms with Crippen LogP contribution < -0.4 is 4.72 Å². The average Bonchev–Trinajstić information content (AvgIpc) is 2.21. The van der Waals surface area contributed by atoms with E-state index in [1.807, 2.05) is 13.8 Å². The predicted molar refractivity (Wildman–Crippen MR) is 70.8 cm³/mol. The van der Waals surface area contributed by atoms with Crippen molar-refractivity contribution in [2.45, 2.75) is 45.1 Å². The summed E-state index contributed by atoms with van der Waals surface area (Å²) in [4.78, 5) is 11.2. The van der Waals surface area contributed by atoms with Crippen molar-refractivity contribution in [3.63, 3.8) is 0 Å². The van der Waals surface area contributed by atoms with E-state index in [0.29, 0.717) is 37.8 Å². The van der Waals surface area contributed by atoms with Gasteiger partial charge in [-0.2, -0.15) is 17.4 Å². The van der Waals surface area contributed by atoms with Gasteiger partial charge in [0.25, 0.3) is 10.2 Å². The summed E-state index contributed by atoms with van der Waals surface area (Å²) in [6.45, 7) is 4.98. The molecule has 6 nitrogen and oxygen atoms in total. The number of nitrogens with one attached hydrogen (secondary N) is 1. The lowest BCUT2D eigenvalue weighted by Crippen LogP contribution is -2.62. The van der Waals surface area contributed by atoms with Crippen molar-refractivity contribution in [3.8, 4) is 0 Å². The van der Waals surface area contributed by atoms with E-state index in [1.54, 1.807) is 0 Å². The molecule has 2 aliphatic rings. The fraction of sp³-hybridized carbons (Fsp3) is 0.917. The van der Waals surface area contributed by atoms with Gasteiger partial charge in [-0.25, -0.2) is 0 Å². The molecule has 1 aliphatic heterocycles. The molecule has 1 heterocycles. The monoisotopic (exact) mass is 290 g/mol. The van der Waals surface area contributed by atoms with Gasteiger partial charge in [-0.1, -0.05) is 13.8 Å². The normalized spacial score (nSPS) is 31.7. The highest BCUT2D eigenvalue weighted by molar-refractivity contribution is 7.87. The quantitative estimate of drug-likeness (QED) is 0.802. The van der Waals surface area contributed by atoms with E-state index >= 15 is 0 Å². The Morgan fingerprint density at radius 1 is 1.26 bits per heavy atom. The number of rotatable bonds is 4. The Labute approximate surface area is 114 Å². The van der Waals surface area contributed by atoms with Crippen LogP contribution in [0.1, 0.15) is 39.5 Å². The van der Waals surface area contributed by atoms with Gasteiger partial charge in [0.2, 0.25) is 0 Å². The Balaban J connectivity index is 2.12. The summed E-state index contributed by atoms with van der Waals surface area (Å²) in [7, 11) is -3.71. The molecule has 110 valence electrons. The first kappa shape index (κ1) is 14.7. The summed E-state index contributed by atoms with van der Waals surface area (Å²) in [5.74, 6) is -0.453. The van der Waals surface area contributed by atoms with Crippen LogP contribution in [0.5, 0.6) is 0 Å². The summed E-state index contributed by atoms with van der Waals surface area (Å²) in [5, 5.41) is 9.20. The van der Waals surface area contributed by atoms with Crippen LogP contribution in [0, 0.1) is 11.8 Å². The first-order valence-electron chi connectivity index (χ1n) is 6.78. The van der Waals surface area contributed by atoms with E-state index in [0.717, 1.165) is 12.8 Å². The van der Waals surface area contributed by atoms with Crippen LogP contribution in [0.3, 0.4) is 0 Å². The van der Waals surface area contributed by atoms with Crippen LogP contribution >= 0.6 is 0 Å². The first-order valence-corrected chi connectivity index (χ1v) is 8.22. The zero-order chi connectivity index (χ0) is 14.3. The molecule has 2 fully saturated rings. The minimum Gasteiger partial charge on any atom is -0.480 e. The highest BCUT2D eigenvalue weighted by Crippen LogP contribution is 2.34. The van der Waals surface area contributed by atoms with Crippen molar-refractivity contribution in [1.29, 1.82) is 0 Å². The maximum Gasteiger partial charge on any atom is 0.324 e. The smallest absolute Gasteiger partial charge is 0.324 e. The maximum atomic E-state index is 12.3. The molecule has 0 bridgehead atoms. The summed E-state index contributed by atoms with van der Waals surface area (Å²) >= 11 is 0. The highest BCUT2D eigenvalue weighted by Gasteiger charge is 2.48. The Bertz CT molecular complexity index is 448. The third-order valence-electron chi connectivity index (χ3n) is 4.12. The van der Waals surface area contributed by atoms with Gasteiger partial charge < -0.3 is 5.11 Å². The zero-order valence-corrected chi connectivity index (χ0v) is 12.2. The lowest BCUT2D eigenvalue weighted by Gasteiger charge is -2.41. The van der Waals surface area contributed by atoms with Gasteiger partial charge in [-0.3, -0.25) is 4.79 Å². The second kappa shape index (κ2) is 5.03. The minimum atomic E-state index is -3.71. The van der Waals surface area contributed by atoms with Crippen molar-refractivity contribution >= 4 is 16.2 Å². The van der Waals surface area contributed by atoms with Gasteiger partial charge in [0.1, 0.15) is 5.54 Å². The standard InChI is InChI=1S/C12H22N2O4S/c1-9-6-10(2)8-14(7-9)19(17,18)13-12(11(15)16)4-3-5-12/h9-10,13H,3-8H2,1-2H3,(H,15,16). The first-order chi connectivity index (χ1) is 8.75. The van der Waals surface area contributed by atoms with Gasteiger partial charge >= 0.3 is 5.97 Å². The number of carboxylic acids is 1. The maximum absolute atomic E-state index is 12.3. The zero-order valence-electron chi connectivity index (χ0n) is 11.4. The molecule has 2 N–H and O–H groups in total. The third kappa shape index (κ3) is 2.93. The van der Waals surface area contributed by atoms with Crippen LogP contribution in [0.2, 0.25) is 0 Å². The van der Waals surface area contributed by atoms with E-state index < -0.39 is 21.7 Å². The molecular weight excluding hydrogens is 268 g/mol. The molecule has 0 aromatic carbocycles. The lowest BCUT2D eigenvalue weighted by atomic mass is 9.78. The molecule has 0 aromatic heterocycles. The van der Waals surface area contributed by atoms with Crippen LogP contribution in [0.15, 0.2) is 0 Å². The Kier molecular flexibility index (Phi) is 3.90. The Morgan fingerprint density at radius 2 is 1.79 bits per heavy atom. The van der Waals surface area contributed by atoms with E-state index in [1.165, 1.54) is 4.31 Å². The molecule has 2 unspecified atom stereocenters. The van der Waals surface area contributed by atoms with Crippen molar-refractivity contribution < 1.29 is 18.3 Å². The molecule has 19 heavy (non-hydrogen) atoms. The van der Waals surface area contributed by atoms with Crippen LogP contribution in [0.25, 0.3) is 0 Å². The van der Waals surface area contributed by atoms with E-state index in [2.05, 4.69) is 4.72 Å². The number of carbonyl (C=O) groups is 1. The van der Waals surface area contributed by atoms with Gasteiger partial charge in [0.05, 0.1) is 0 Å². The topological polar surface area (TPSA) is 86.7 Å². The average molecular weight is 290 g/mol. The van der Waals surface area contributed by atoms with Crippen molar-refractivity contribution in [1.82, 2.24) is 9.03 Å². The van der Waals surface area contributed by atoms with Crippen molar-refractivity contribution in [2.75, 3.05) is 13.1 Å². The molecule has 0 amide bonds. The second-order valence-electron chi connectivity index (χ2n) is 6.11. The molecule has 0 radical (unpaired) electrons. The number of aliphatic carboxylic acids is 1. The lowest BCUT2D eigenvalue weighted by molar-refractivity contribution is -0.147. The van der Waals surface area contributed by atoms with Crippen molar-refractivity contribution in [2.24, 2.45) is 11.8 Å². The second-order valence-corrected chi connectivity index (χ2v) is 7.78.